The number of hydrogen-bond acceptors (Lipinski definition) is 2. The van der Waals surface area contributed by atoms with Crippen LogP contribution in [0.5, 0.6) is 0 Å². The number of nitrogens with zero attached hydrogens (tertiary/aromatic N) is 2. The van der Waals surface area contributed by atoms with E-state index in [0.29, 0.717) is 16.3 Å². The molecule has 0 saturated carbocycles. The molecule has 1 amide bonds. The molecule has 0 aliphatic heterocycles. The van der Waals surface area contributed by atoms with Gasteiger partial charge in [0.05, 0.1) is 5.69 Å². The zero-order valence-electron chi connectivity index (χ0n) is 12.0. The van der Waals surface area contributed by atoms with Crippen LogP contribution in [0.3, 0.4) is 0 Å². The van der Waals surface area contributed by atoms with Crippen LogP contribution < -0.4 is 5.32 Å². The van der Waals surface area contributed by atoms with Gasteiger partial charge in [0.25, 0.3) is 5.91 Å². The van der Waals surface area contributed by atoms with Crippen molar-refractivity contribution in [1.82, 2.24) is 9.78 Å². The maximum atomic E-state index is 12.2. The highest BCUT2D eigenvalue weighted by Gasteiger charge is 2.07. The summed E-state index contributed by atoms with van der Waals surface area (Å²) in [4.78, 5) is 12.2. The molecule has 22 heavy (non-hydrogen) atoms. The lowest BCUT2D eigenvalue weighted by Crippen LogP contribution is -2.12. The first-order chi connectivity index (χ1) is 10.6. The molecular formula is C17H14ClN3O. The number of rotatable bonds is 3. The highest BCUT2D eigenvalue weighted by molar-refractivity contribution is 6.31. The molecule has 0 fully saturated rings. The molecular weight excluding hydrogens is 298 g/mol. The second-order valence-corrected chi connectivity index (χ2v) is 5.32. The molecule has 1 aromatic heterocycles. The Bertz CT molecular complexity index is 795. The summed E-state index contributed by atoms with van der Waals surface area (Å²) in [6, 6.07) is 14.5. The number of aryl methyl sites for hydroxylation is 1. The van der Waals surface area contributed by atoms with Crippen LogP contribution in [-0.2, 0) is 0 Å². The van der Waals surface area contributed by atoms with E-state index >= 15 is 0 Å². The summed E-state index contributed by atoms with van der Waals surface area (Å²) in [6.07, 6.45) is 3.56. The van der Waals surface area contributed by atoms with E-state index in [4.69, 9.17) is 11.6 Å². The Kier molecular flexibility index (Phi) is 3.94. The van der Waals surface area contributed by atoms with Crippen LogP contribution >= 0.6 is 11.6 Å². The molecule has 3 aromatic rings. The third-order valence-electron chi connectivity index (χ3n) is 3.33. The van der Waals surface area contributed by atoms with Gasteiger partial charge < -0.3 is 5.32 Å². The summed E-state index contributed by atoms with van der Waals surface area (Å²) < 4.78 is 1.74. The van der Waals surface area contributed by atoms with Gasteiger partial charge in [0, 0.05) is 28.7 Å². The molecule has 0 atom stereocenters. The van der Waals surface area contributed by atoms with E-state index < -0.39 is 0 Å². The summed E-state index contributed by atoms with van der Waals surface area (Å²) >= 11 is 6.06. The van der Waals surface area contributed by atoms with Crippen molar-refractivity contribution in [2.45, 2.75) is 6.92 Å². The number of carbonyl (C=O) groups is 1. The van der Waals surface area contributed by atoms with Gasteiger partial charge in [0.1, 0.15) is 0 Å². The Hall–Kier alpha value is -2.59. The van der Waals surface area contributed by atoms with Gasteiger partial charge in [-0.2, -0.15) is 5.10 Å². The van der Waals surface area contributed by atoms with Crippen LogP contribution in [0.15, 0.2) is 60.9 Å². The van der Waals surface area contributed by atoms with E-state index in [9.17, 15) is 4.79 Å². The van der Waals surface area contributed by atoms with E-state index in [2.05, 4.69) is 10.4 Å². The lowest BCUT2D eigenvalue weighted by Gasteiger charge is -2.08. The normalized spacial score (nSPS) is 10.5. The Labute approximate surface area is 133 Å². The van der Waals surface area contributed by atoms with Gasteiger partial charge in [-0.1, -0.05) is 17.7 Å². The molecule has 1 N–H and O–H groups in total. The quantitative estimate of drug-likeness (QED) is 0.792. The molecule has 0 radical (unpaired) electrons. The number of anilines is 1. The van der Waals surface area contributed by atoms with E-state index in [1.807, 2.05) is 43.5 Å². The van der Waals surface area contributed by atoms with Gasteiger partial charge in [0.2, 0.25) is 0 Å². The molecule has 0 spiro atoms. The molecule has 0 unspecified atom stereocenters. The van der Waals surface area contributed by atoms with E-state index in [1.54, 1.807) is 29.1 Å². The zero-order chi connectivity index (χ0) is 15.5. The fourth-order valence-corrected chi connectivity index (χ4v) is 2.24. The minimum atomic E-state index is -0.174. The third-order valence-corrected chi connectivity index (χ3v) is 3.74. The van der Waals surface area contributed by atoms with Gasteiger partial charge in [-0.15, -0.1) is 0 Å². The Balaban J connectivity index is 1.76. The number of hydrogen-bond donors (Lipinski definition) is 1. The predicted molar refractivity (Wildman–Crippen MR) is 87.7 cm³/mol. The summed E-state index contributed by atoms with van der Waals surface area (Å²) in [7, 11) is 0. The van der Waals surface area contributed by atoms with Crippen molar-refractivity contribution in [1.29, 1.82) is 0 Å². The molecule has 110 valence electrons. The molecule has 0 bridgehead atoms. The third kappa shape index (κ3) is 3.02. The smallest absolute Gasteiger partial charge is 0.255 e. The van der Waals surface area contributed by atoms with Crippen molar-refractivity contribution < 1.29 is 4.79 Å². The number of halogens is 1. The zero-order valence-corrected chi connectivity index (χ0v) is 12.7. The number of amides is 1. The second-order valence-electron chi connectivity index (χ2n) is 4.92. The molecule has 2 aromatic carbocycles. The number of carbonyl (C=O) groups excluding carboxylic acids is 1. The molecule has 4 nitrogen and oxygen atoms in total. The van der Waals surface area contributed by atoms with Crippen LogP contribution in [0, 0.1) is 6.92 Å². The van der Waals surface area contributed by atoms with Gasteiger partial charge in [-0.05, 0) is 55.0 Å². The minimum Gasteiger partial charge on any atom is -0.322 e. The highest BCUT2D eigenvalue weighted by Crippen LogP contribution is 2.20. The number of aromatic nitrogens is 2. The van der Waals surface area contributed by atoms with Crippen molar-refractivity contribution in [3.05, 3.63) is 77.1 Å². The minimum absolute atomic E-state index is 0.174. The van der Waals surface area contributed by atoms with Crippen molar-refractivity contribution in [3.8, 4) is 5.69 Å². The SMILES string of the molecule is Cc1ccc(NC(=O)c2ccc(-n3cccn3)cc2)cc1Cl. The predicted octanol–water partition coefficient (Wildman–Crippen LogP) is 4.09. The highest BCUT2D eigenvalue weighted by atomic mass is 35.5. The number of benzene rings is 2. The van der Waals surface area contributed by atoms with Gasteiger partial charge in [0.15, 0.2) is 0 Å². The Morgan fingerprint density at radius 3 is 2.59 bits per heavy atom. The first kappa shape index (κ1) is 14.4. The van der Waals surface area contributed by atoms with Crippen molar-refractivity contribution in [2.75, 3.05) is 5.32 Å². The van der Waals surface area contributed by atoms with Crippen LogP contribution in [0.4, 0.5) is 5.69 Å². The van der Waals surface area contributed by atoms with Crippen LogP contribution in [0.1, 0.15) is 15.9 Å². The van der Waals surface area contributed by atoms with Gasteiger partial charge in [-0.25, -0.2) is 4.68 Å². The lowest BCUT2D eigenvalue weighted by molar-refractivity contribution is 0.102. The van der Waals surface area contributed by atoms with E-state index in [1.165, 1.54) is 0 Å². The first-order valence-electron chi connectivity index (χ1n) is 6.81. The second kappa shape index (κ2) is 6.03. The molecule has 5 heteroatoms. The standard InChI is InChI=1S/C17H14ClN3O/c1-12-3-6-14(11-16(12)18)20-17(22)13-4-7-15(8-5-13)21-10-2-9-19-21/h2-11H,1H3,(H,20,22). The van der Waals surface area contributed by atoms with Gasteiger partial charge >= 0.3 is 0 Å². The summed E-state index contributed by atoms with van der Waals surface area (Å²) in [5, 5.41) is 7.61. The number of nitrogens with one attached hydrogen (secondary N) is 1. The Morgan fingerprint density at radius 2 is 1.95 bits per heavy atom. The van der Waals surface area contributed by atoms with Crippen molar-refractivity contribution in [2.24, 2.45) is 0 Å². The summed E-state index contributed by atoms with van der Waals surface area (Å²) in [5.41, 5.74) is 3.13. The molecule has 3 rings (SSSR count). The van der Waals surface area contributed by atoms with Crippen molar-refractivity contribution >= 4 is 23.2 Å². The molecule has 0 aliphatic rings. The fourth-order valence-electron chi connectivity index (χ4n) is 2.06. The maximum absolute atomic E-state index is 12.2. The van der Waals surface area contributed by atoms with Crippen LogP contribution in [0.2, 0.25) is 5.02 Å². The fraction of sp³-hybridized carbons (Fsp3) is 0.0588. The monoisotopic (exact) mass is 311 g/mol. The van der Waals surface area contributed by atoms with Crippen LogP contribution in [-0.4, -0.2) is 15.7 Å². The molecule has 0 aliphatic carbocycles. The van der Waals surface area contributed by atoms with Crippen molar-refractivity contribution in [3.63, 3.8) is 0 Å². The van der Waals surface area contributed by atoms with E-state index in [-0.39, 0.29) is 5.91 Å². The average Bonchev–Trinajstić information content (AvgIpc) is 3.05. The molecule has 0 saturated heterocycles. The molecule has 1 heterocycles. The van der Waals surface area contributed by atoms with Gasteiger partial charge in [-0.3, -0.25) is 4.79 Å². The lowest BCUT2D eigenvalue weighted by atomic mass is 10.1. The van der Waals surface area contributed by atoms with E-state index in [0.717, 1.165) is 11.3 Å². The summed E-state index contributed by atoms with van der Waals surface area (Å²) in [5.74, 6) is -0.174. The average molecular weight is 312 g/mol. The largest absolute Gasteiger partial charge is 0.322 e. The van der Waals surface area contributed by atoms with Crippen LogP contribution in [0.25, 0.3) is 5.69 Å². The Morgan fingerprint density at radius 1 is 1.18 bits per heavy atom. The maximum Gasteiger partial charge on any atom is 0.255 e. The first-order valence-corrected chi connectivity index (χ1v) is 7.19. The topological polar surface area (TPSA) is 46.9 Å². The summed E-state index contributed by atoms with van der Waals surface area (Å²) in [6.45, 7) is 1.92.